The lowest BCUT2D eigenvalue weighted by Crippen LogP contribution is -2.46. The first-order chi connectivity index (χ1) is 11.6. The number of hydrogen-bond acceptors (Lipinski definition) is 5. The Morgan fingerprint density at radius 3 is 2.96 bits per heavy atom. The minimum atomic E-state index is -0.472. The van der Waals surface area contributed by atoms with Crippen LogP contribution in [0.3, 0.4) is 0 Å². The normalized spacial score (nSPS) is 20.5. The molecule has 1 aromatic carbocycles. The zero-order valence-corrected chi connectivity index (χ0v) is 13.7. The number of fused-ring (bicyclic) bond motifs is 1. The van der Waals surface area contributed by atoms with Gasteiger partial charge in [0.25, 0.3) is 0 Å². The van der Waals surface area contributed by atoms with Crippen LogP contribution in [-0.4, -0.2) is 56.9 Å². The van der Waals surface area contributed by atoms with Crippen molar-refractivity contribution in [1.82, 2.24) is 25.2 Å². The van der Waals surface area contributed by atoms with Crippen LogP contribution in [-0.2, 0) is 16.1 Å². The highest BCUT2D eigenvalue weighted by atomic mass is 16.2. The van der Waals surface area contributed by atoms with Gasteiger partial charge >= 0.3 is 0 Å². The van der Waals surface area contributed by atoms with Gasteiger partial charge < -0.3 is 16.0 Å². The third kappa shape index (κ3) is 3.23. The fourth-order valence-corrected chi connectivity index (χ4v) is 3.11. The van der Waals surface area contributed by atoms with Gasteiger partial charge in [0, 0.05) is 25.6 Å². The fourth-order valence-electron chi connectivity index (χ4n) is 3.11. The summed E-state index contributed by atoms with van der Waals surface area (Å²) in [6.45, 7) is 3.23. The van der Waals surface area contributed by atoms with Gasteiger partial charge in [0.15, 0.2) is 0 Å². The van der Waals surface area contributed by atoms with Gasteiger partial charge in [-0.25, -0.2) is 4.68 Å². The van der Waals surface area contributed by atoms with Gasteiger partial charge in [-0.2, -0.15) is 0 Å². The molecular formula is C16H22N6O2. The van der Waals surface area contributed by atoms with E-state index >= 15 is 0 Å². The second-order valence-corrected chi connectivity index (χ2v) is 6.00. The van der Waals surface area contributed by atoms with Crippen molar-refractivity contribution in [2.75, 3.05) is 13.1 Å². The molecule has 2 amide bonds. The van der Waals surface area contributed by atoms with Crippen LogP contribution in [0.2, 0.25) is 0 Å². The predicted octanol–water partition coefficient (Wildman–Crippen LogP) is -0.114. The van der Waals surface area contributed by atoms with Crippen molar-refractivity contribution in [2.45, 2.75) is 38.4 Å². The SMILES string of the molecule is CCNC(=O)[C@@H]1C[C@@H](N)CN1C(=O)CCn1nnc2ccccc21. The maximum Gasteiger partial charge on any atom is 0.242 e. The average molecular weight is 330 g/mol. The fraction of sp³-hybridized carbons (Fsp3) is 0.500. The molecule has 2 aromatic rings. The van der Waals surface area contributed by atoms with Gasteiger partial charge in [-0.15, -0.1) is 5.10 Å². The molecule has 2 atom stereocenters. The van der Waals surface area contributed by atoms with E-state index in [2.05, 4.69) is 15.6 Å². The number of aryl methyl sites for hydroxylation is 1. The van der Waals surface area contributed by atoms with E-state index < -0.39 is 6.04 Å². The second kappa shape index (κ2) is 6.96. The average Bonchev–Trinajstić information content (AvgIpc) is 3.16. The number of carbonyl (C=O) groups excluding carboxylic acids is 2. The van der Waals surface area contributed by atoms with Crippen molar-refractivity contribution in [3.05, 3.63) is 24.3 Å². The molecule has 1 fully saturated rings. The number of amides is 2. The maximum absolute atomic E-state index is 12.6. The van der Waals surface area contributed by atoms with Crippen molar-refractivity contribution in [3.63, 3.8) is 0 Å². The monoisotopic (exact) mass is 330 g/mol. The van der Waals surface area contributed by atoms with E-state index in [0.717, 1.165) is 11.0 Å². The lowest BCUT2D eigenvalue weighted by Gasteiger charge is -2.23. The number of nitrogens with zero attached hydrogens (tertiary/aromatic N) is 4. The largest absolute Gasteiger partial charge is 0.355 e. The first-order valence-electron chi connectivity index (χ1n) is 8.21. The zero-order chi connectivity index (χ0) is 17.1. The molecule has 8 heteroatoms. The van der Waals surface area contributed by atoms with E-state index in [-0.39, 0.29) is 24.3 Å². The standard InChI is InChI=1S/C16H22N6O2/c1-2-18-16(24)14-9-11(17)10-21(14)15(23)7-8-22-13-6-4-3-5-12(13)19-20-22/h3-6,11,14H,2,7-10,17H2,1H3,(H,18,24)/t11-,14+/m1/s1. The Morgan fingerprint density at radius 2 is 2.17 bits per heavy atom. The lowest BCUT2D eigenvalue weighted by molar-refractivity contribution is -0.138. The van der Waals surface area contributed by atoms with E-state index in [9.17, 15) is 9.59 Å². The summed E-state index contributed by atoms with van der Waals surface area (Å²) < 4.78 is 1.71. The van der Waals surface area contributed by atoms with Gasteiger partial charge in [-0.1, -0.05) is 17.3 Å². The highest BCUT2D eigenvalue weighted by molar-refractivity contribution is 5.88. The quantitative estimate of drug-likeness (QED) is 0.795. The molecule has 0 bridgehead atoms. The van der Waals surface area contributed by atoms with E-state index in [1.807, 2.05) is 31.2 Å². The van der Waals surface area contributed by atoms with Crippen LogP contribution in [0.1, 0.15) is 19.8 Å². The molecule has 3 N–H and O–H groups in total. The lowest BCUT2D eigenvalue weighted by atomic mass is 10.1. The highest BCUT2D eigenvalue weighted by Crippen LogP contribution is 2.19. The number of likely N-dealkylation sites (N-methyl/N-ethyl adjacent to an activating group) is 1. The van der Waals surface area contributed by atoms with Crippen LogP contribution >= 0.6 is 0 Å². The number of benzene rings is 1. The topological polar surface area (TPSA) is 106 Å². The van der Waals surface area contributed by atoms with Crippen LogP contribution < -0.4 is 11.1 Å². The van der Waals surface area contributed by atoms with E-state index in [4.69, 9.17) is 5.73 Å². The summed E-state index contributed by atoms with van der Waals surface area (Å²) in [6, 6.07) is 6.98. The van der Waals surface area contributed by atoms with E-state index in [0.29, 0.717) is 26.1 Å². The van der Waals surface area contributed by atoms with Crippen molar-refractivity contribution >= 4 is 22.8 Å². The molecule has 0 unspecified atom stereocenters. The minimum absolute atomic E-state index is 0.0845. The number of nitrogens with two attached hydrogens (primary N) is 1. The number of aromatic nitrogens is 3. The van der Waals surface area contributed by atoms with E-state index in [1.165, 1.54) is 0 Å². The van der Waals surface area contributed by atoms with Crippen molar-refractivity contribution < 1.29 is 9.59 Å². The summed E-state index contributed by atoms with van der Waals surface area (Å²) in [4.78, 5) is 26.3. The second-order valence-electron chi connectivity index (χ2n) is 6.00. The number of para-hydroxylation sites is 1. The Labute approximate surface area is 140 Å². The number of rotatable bonds is 5. The number of likely N-dealkylation sites (tertiary alicyclic amines) is 1. The summed E-state index contributed by atoms with van der Waals surface area (Å²) in [6.07, 6.45) is 0.764. The van der Waals surface area contributed by atoms with Gasteiger partial charge in [-0.3, -0.25) is 9.59 Å². The van der Waals surface area contributed by atoms with Gasteiger partial charge in [-0.05, 0) is 25.5 Å². The molecule has 2 heterocycles. The summed E-state index contributed by atoms with van der Waals surface area (Å²) in [5.41, 5.74) is 7.64. The van der Waals surface area contributed by atoms with Gasteiger partial charge in [0.1, 0.15) is 11.6 Å². The zero-order valence-electron chi connectivity index (χ0n) is 13.7. The highest BCUT2D eigenvalue weighted by Gasteiger charge is 2.37. The molecule has 1 aliphatic heterocycles. The van der Waals surface area contributed by atoms with Crippen LogP contribution in [0.4, 0.5) is 0 Å². The first kappa shape index (κ1) is 16.4. The third-order valence-electron chi connectivity index (χ3n) is 4.27. The number of hydrogen-bond donors (Lipinski definition) is 2. The number of nitrogens with one attached hydrogen (secondary N) is 1. The molecular weight excluding hydrogens is 308 g/mol. The summed E-state index contributed by atoms with van der Waals surface area (Å²) in [7, 11) is 0. The molecule has 1 aliphatic rings. The van der Waals surface area contributed by atoms with Crippen molar-refractivity contribution in [3.8, 4) is 0 Å². The Bertz CT molecular complexity index is 743. The Hall–Kier alpha value is -2.48. The molecule has 1 aromatic heterocycles. The maximum atomic E-state index is 12.6. The Kier molecular flexibility index (Phi) is 4.75. The molecule has 24 heavy (non-hydrogen) atoms. The molecule has 8 nitrogen and oxygen atoms in total. The van der Waals surface area contributed by atoms with Crippen LogP contribution in [0.5, 0.6) is 0 Å². The molecule has 1 saturated heterocycles. The van der Waals surface area contributed by atoms with Gasteiger partial charge in [0.05, 0.1) is 12.1 Å². The number of carbonyl (C=O) groups is 2. The molecule has 3 rings (SSSR count). The summed E-state index contributed by atoms with van der Waals surface area (Å²) >= 11 is 0. The first-order valence-corrected chi connectivity index (χ1v) is 8.21. The predicted molar refractivity (Wildman–Crippen MR) is 88.9 cm³/mol. The van der Waals surface area contributed by atoms with Crippen LogP contribution in [0.25, 0.3) is 11.0 Å². The van der Waals surface area contributed by atoms with Crippen LogP contribution in [0, 0.1) is 0 Å². The minimum Gasteiger partial charge on any atom is -0.355 e. The Balaban J connectivity index is 1.66. The van der Waals surface area contributed by atoms with E-state index in [1.54, 1.807) is 9.58 Å². The van der Waals surface area contributed by atoms with Crippen LogP contribution in [0.15, 0.2) is 24.3 Å². The molecule has 0 radical (unpaired) electrons. The summed E-state index contributed by atoms with van der Waals surface area (Å²) in [5.74, 6) is -0.219. The van der Waals surface area contributed by atoms with Gasteiger partial charge in [0.2, 0.25) is 11.8 Å². The van der Waals surface area contributed by atoms with Crippen molar-refractivity contribution in [2.24, 2.45) is 5.73 Å². The molecule has 0 aliphatic carbocycles. The molecule has 128 valence electrons. The molecule has 0 spiro atoms. The molecule has 0 saturated carbocycles. The summed E-state index contributed by atoms with van der Waals surface area (Å²) in [5, 5.41) is 10.9. The Morgan fingerprint density at radius 1 is 1.38 bits per heavy atom. The smallest absolute Gasteiger partial charge is 0.242 e. The van der Waals surface area contributed by atoms with Crippen molar-refractivity contribution in [1.29, 1.82) is 0 Å². The third-order valence-corrected chi connectivity index (χ3v) is 4.27.